The zero-order valence-electron chi connectivity index (χ0n) is 12.0. The number of rotatable bonds is 1. The fraction of sp³-hybridized carbons (Fsp3) is 0.150. The minimum absolute atomic E-state index is 0.0350. The molecule has 3 aromatic rings. The monoisotopic (exact) mass is 272 g/mol. The fourth-order valence-corrected chi connectivity index (χ4v) is 3.54. The minimum atomic E-state index is -0.0350. The molecule has 0 fully saturated rings. The van der Waals surface area contributed by atoms with Crippen molar-refractivity contribution in [2.45, 2.75) is 19.3 Å². The van der Waals surface area contributed by atoms with Crippen molar-refractivity contribution in [2.24, 2.45) is 0 Å². The SMILES string of the molecule is Cc1cccc2c1C(=O)C(c1cccc3ccccc13)C2. The summed E-state index contributed by atoms with van der Waals surface area (Å²) in [5, 5.41) is 2.40. The first-order valence-corrected chi connectivity index (χ1v) is 7.36. The van der Waals surface area contributed by atoms with Gasteiger partial charge in [-0.2, -0.15) is 0 Å². The number of aryl methyl sites for hydroxylation is 1. The molecule has 0 spiro atoms. The van der Waals surface area contributed by atoms with Crippen molar-refractivity contribution in [1.82, 2.24) is 0 Å². The summed E-state index contributed by atoms with van der Waals surface area (Å²) >= 11 is 0. The Bertz CT molecular complexity index is 855. The second kappa shape index (κ2) is 4.56. The lowest BCUT2D eigenvalue weighted by Crippen LogP contribution is -2.08. The smallest absolute Gasteiger partial charge is 0.171 e. The van der Waals surface area contributed by atoms with Crippen LogP contribution in [0.25, 0.3) is 10.8 Å². The summed E-state index contributed by atoms with van der Waals surface area (Å²) in [6.45, 7) is 2.03. The van der Waals surface area contributed by atoms with E-state index in [0.29, 0.717) is 0 Å². The van der Waals surface area contributed by atoms with E-state index in [-0.39, 0.29) is 11.7 Å². The molecule has 0 N–H and O–H groups in total. The van der Waals surface area contributed by atoms with Crippen LogP contribution in [0.1, 0.15) is 33.0 Å². The van der Waals surface area contributed by atoms with Gasteiger partial charge in [-0.3, -0.25) is 4.79 Å². The number of carbonyl (C=O) groups excluding carboxylic acids is 1. The number of carbonyl (C=O) groups is 1. The summed E-state index contributed by atoms with van der Waals surface area (Å²) in [6, 6.07) is 20.7. The first kappa shape index (κ1) is 12.3. The highest BCUT2D eigenvalue weighted by atomic mass is 16.1. The maximum absolute atomic E-state index is 12.9. The molecule has 1 aliphatic rings. The van der Waals surface area contributed by atoms with E-state index in [9.17, 15) is 4.79 Å². The van der Waals surface area contributed by atoms with Crippen LogP contribution in [0.15, 0.2) is 60.7 Å². The first-order valence-electron chi connectivity index (χ1n) is 7.36. The molecule has 0 aliphatic heterocycles. The minimum Gasteiger partial charge on any atom is -0.293 e. The van der Waals surface area contributed by atoms with Gasteiger partial charge in [-0.1, -0.05) is 60.7 Å². The molecular weight excluding hydrogens is 256 g/mol. The van der Waals surface area contributed by atoms with Gasteiger partial charge >= 0.3 is 0 Å². The van der Waals surface area contributed by atoms with Crippen molar-refractivity contribution in [1.29, 1.82) is 0 Å². The van der Waals surface area contributed by atoms with E-state index in [1.165, 1.54) is 16.3 Å². The van der Waals surface area contributed by atoms with E-state index < -0.39 is 0 Å². The van der Waals surface area contributed by atoms with Crippen LogP contribution in [0.2, 0.25) is 0 Å². The molecule has 1 nitrogen and oxygen atoms in total. The van der Waals surface area contributed by atoms with Gasteiger partial charge in [-0.15, -0.1) is 0 Å². The average Bonchev–Trinajstić information content (AvgIpc) is 2.85. The molecule has 3 aromatic carbocycles. The topological polar surface area (TPSA) is 17.1 Å². The van der Waals surface area contributed by atoms with Crippen molar-refractivity contribution in [3.05, 3.63) is 82.9 Å². The van der Waals surface area contributed by atoms with Crippen LogP contribution < -0.4 is 0 Å². The summed E-state index contributed by atoms with van der Waals surface area (Å²) in [5.74, 6) is 0.242. The largest absolute Gasteiger partial charge is 0.293 e. The highest BCUT2D eigenvalue weighted by molar-refractivity contribution is 6.08. The average molecular weight is 272 g/mol. The van der Waals surface area contributed by atoms with Gasteiger partial charge in [0.2, 0.25) is 0 Å². The molecule has 1 atom stereocenters. The van der Waals surface area contributed by atoms with E-state index in [1.54, 1.807) is 0 Å². The van der Waals surface area contributed by atoms with Gasteiger partial charge in [0.25, 0.3) is 0 Å². The Kier molecular flexibility index (Phi) is 2.68. The Hall–Kier alpha value is -2.41. The molecular formula is C20H16O. The van der Waals surface area contributed by atoms with Crippen LogP contribution in [0.3, 0.4) is 0 Å². The summed E-state index contributed by atoms with van der Waals surface area (Å²) in [4.78, 5) is 12.9. The Morgan fingerprint density at radius 3 is 2.52 bits per heavy atom. The van der Waals surface area contributed by atoms with Gasteiger partial charge in [0, 0.05) is 5.56 Å². The Balaban J connectivity index is 1.89. The second-order valence-electron chi connectivity index (χ2n) is 5.80. The molecule has 21 heavy (non-hydrogen) atoms. The maximum Gasteiger partial charge on any atom is 0.171 e. The normalized spacial score (nSPS) is 17.2. The number of ketones is 1. The van der Waals surface area contributed by atoms with Crippen molar-refractivity contribution in [3.8, 4) is 0 Å². The molecule has 0 radical (unpaired) electrons. The molecule has 102 valence electrons. The van der Waals surface area contributed by atoms with E-state index in [2.05, 4.69) is 36.4 Å². The molecule has 0 bridgehead atoms. The van der Waals surface area contributed by atoms with Crippen molar-refractivity contribution >= 4 is 16.6 Å². The predicted octanol–water partition coefficient (Wildman–Crippen LogP) is 4.67. The summed E-state index contributed by atoms with van der Waals surface area (Å²) in [7, 11) is 0. The lowest BCUT2D eigenvalue weighted by atomic mass is 9.90. The molecule has 1 heteroatoms. The third kappa shape index (κ3) is 1.81. The molecule has 0 saturated carbocycles. The number of fused-ring (bicyclic) bond motifs is 2. The second-order valence-corrected chi connectivity index (χ2v) is 5.80. The number of Topliss-reactive ketones (excluding diaryl/α,β-unsaturated/α-hetero) is 1. The summed E-state index contributed by atoms with van der Waals surface area (Å²) in [6.07, 6.45) is 0.823. The van der Waals surface area contributed by atoms with Crippen LogP contribution in [0, 0.1) is 6.92 Å². The van der Waals surface area contributed by atoms with E-state index >= 15 is 0 Å². The van der Waals surface area contributed by atoms with Gasteiger partial charge in [-0.25, -0.2) is 0 Å². The lowest BCUT2D eigenvalue weighted by Gasteiger charge is -2.12. The third-order valence-corrected chi connectivity index (χ3v) is 4.54. The lowest BCUT2D eigenvalue weighted by molar-refractivity contribution is 0.0973. The standard InChI is InChI=1S/C20H16O/c1-13-6-4-9-15-12-18(20(21)19(13)15)17-11-5-8-14-7-2-3-10-16(14)17/h2-11,18H,12H2,1H3. The van der Waals surface area contributed by atoms with E-state index in [4.69, 9.17) is 0 Å². The quantitative estimate of drug-likeness (QED) is 0.629. The van der Waals surface area contributed by atoms with Gasteiger partial charge in [0.05, 0.1) is 5.92 Å². The van der Waals surface area contributed by atoms with Gasteiger partial charge in [-0.05, 0) is 40.8 Å². The molecule has 4 rings (SSSR count). The maximum atomic E-state index is 12.9. The van der Waals surface area contributed by atoms with Crippen LogP contribution in [-0.2, 0) is 6.42 Å². The van der Waals surface area contributed by atoms with Crippen LogP contribution >= 0.6 is 0 Å². The van der Waals surface area contributed by atoms with Crippen LogP contribution in [0.4, 0.5) is 0 Å². The summed E-state index contributed by atoms with van der Waals surface area (Å²) in [5.41, 5.74) is 4.39. The van der Waals surface area contributed by atoms with Crippen molar-refractivity contribution in [2.75, 3.05) is 0 Å². The molecule has 1 aliphatic carbocycles. The van der Waals surface area contributed by atoms with Gasteiger partial charge < -0.3 is 0 Å². The number of hydrogen-bond donors (Lipinski definition) is 0. The van der Waals surface area contributed by atoms with Crippen molar-refractivity contribution in [3.63, 3.8) is 0 Å². The Morgan fingerprint density at radius 2 is 1.67 bits per heavy atom. The summed E-state index contributed by atoms with van der Waals surface area (Å²) < 4.78 is 0. The highest BCUT2D eigenvalue weighted by Gasteiger charge is 2.33. The molecule has 0 amide bonds. The van der Waals surface area contributed by atoms with Crippen LogP contribution in [-0.4, -0.2) is 5.78 Å². The highest BCUT2D eigenvalue weighted by Crippen LogP contribution is 2.38. The van der Waals surface area contributed by atoms with Crippen LogP contribution in [0.5, 0.6) is 0 Å². The van der Waals surface area contributed by atoms with Gasteiger partial charge in [0.1, 0.15) is 0 Å². The molecule has 1 unspecified atom stereocenters. The zero-order chi connectivity index (χ0) is 14.4. The molecule has 0 saturated heterocycles. The first-order chi connectivity index (χ1) is 10.3. The third-order valence-electron chi connectivity index (χ3n) is 4.54. The Morgan fingerprint density at radius 1 is 0.905 bits per heavy atom. The van der Waals surface area contributed by atoms with E-state index in [1.807, 2.05) is 31.2 Å². The van der Waals surface area contributed by atoms with Gasteiger partial charge in [0.15, 0.2) is 5.78 Å². The van der Waals surface area contributed by atoms with Crippen molar-refractivity contribution < 1.29 is 4.79 Å². The molecule has 0 aromatic heterocycles. The number of benzene rings is 3. The fourth-order valence-electron chi connectivity index (χ4n) is 3.54. The van der Waals surface area contributed by atoms with E-state index in [0.717, 1.165) is 23.1 Å². The predicted molar refractivity (Wildman–Crippen MR) is 85.9 cm³/mol. The molecule has 0 heterocycles. The zero-order valence-corrected chi connectivity index (χ0v) is 12.0. The Labute approximate surface area is 124 Å². The number of hydrogen-bond acceptors (Lipinski definition) is 1.